The van der Waals surface area contributed by atoms with Gasteiger partial charge in [-0.3, -0.25) is 5.10 Å². The minimum Gasteiger partial charge on any atom is -0.356 e. The first-order valence-corrected chi connectivity index (χ1v) is 8.65. The molecule has 0 radical (unpaired) electrons. The summed E-state index contributed by atoms with van der Waals surface area (Å²) in [7, 11) is 0. The lowest BCUT2D eigenvalue weighted by molar-refractivity contribution is 0.498. The monoisotopic (exact) mass is 347 g/mol. The molecule has 4 rings (SSSR count). The molecule has 0 spiro atoms. The Labute approximate surface area is 151 Å². The second-order valence-electron chi connectivity index (χ2n) is 6.50. The SMILES string of the molecule is N#Cc1ccnc(N2CCCC(c3[nH]ncc3-c3ccc(F)cc3)C2)c1. The van der Waals surface area contributed by atoms with Crippen LogP contribution < -0.4 is 4.90 Å². The van der Waals surface area contributed by atoms with Gasteiger partial charge in [-0.1, -0.05) is 12.1 Å². The molecule has 1 atom stereocenters. The number of pyridine rings is 1. The van der Waals surface area contributed by atoms with Crippen molar-refractivity contribution in [1.82, 2.24) is 15.2 Å². The minimum absolute atomic E-state index is 0.244. The van der Waals surface area contributed by atoms with Gasteiger partial charge in [0.2, 0.25) is 0 Å². The number of hydrogen-bond donors (Lipinski definition) is 1. The Morgan fingerprint density at radius 2 is 2.08 bits per heavy atom. The van der Waals surface area contributed by atoms with E-state index in [1.165, 1.54) is 12.1 Å². The van der Waals surface area contributed by atoms with E-state index in [4.69, 9.17) is 5.26 Å². The van der Waals surface area contributed by atoms with Crippen LogP contribution in [0.4, 0.5) is 10.2 Å². The first-order chi connectivity index (χ1) is 12.7. The van der Waals surface area contributed by atoms with E-state index >= 15 is 0 Å². The molecule has 0 bridgehead atoms. The van der Waals surface area contributed by atoms with Gasteiger partial charge in [0.1, 0.15) is 11.6 Å². The molecule has 2 aromatic heterocycles. The van der Waals surface area contributed by atoms with Gasteiger partial charge < -0.3 is 4.90 Å². The molecule has 0 aliphatic carbocycles. The highest BCUT2D eigenvalue weighted by molar-refractivity contribution is 5.66. The number of aromatic amines is 1. The van der Waals surface area contributed by atoms with Crippen LogP contribution in [0, 0.1) is 17.1 Å². The van der Waals surface area contributed by atoms with Crippen molar-refractivity contribution < 1.29 is 4.39 Å². The van der Waals surface area contributed by atoms with Crippen molar-refractivity contribution in [2.24, 2.45) is 0 Å². The van der Waals surface area contributed by atoms with E-state index in [1.54, 1.807) is 30.6 Å². The normalized spacial score (nSPS) is 17.1. The van der Waals surface area contributed by atoms with Crippen molar-refractivity contribution in [3.63, 3.8) is 0 Å². The third-order valence-electron chi connectivity index (χ3n) is 4.85. The number of nitriles is 1. The molecule has 1 aromatic carbocycles. The van der Waals surface area contributed by atoms with E-state index in [1.807, 2.05) is 6.07 Å². The molecule has 26 heavy (non-hydrogen) atoms. The Morgan fingerprint density at radius 1 is 1.23 bits per heavy atom. The molecule has 0 amide bonds. The third kappa shape index (κ3) is 3.16. The number of anilines is 1. The molecule has 3 aromatic rings. The average molecular weight is 347 g/mol. The van der Waals surface area contributed by atoms with Gasteiger partial charge in [-0.05, 0) is 42.7 Å². The van der Waals surface area contributed by atoms with Gasteiger partial charge in [-0.15, -0.1) is 0 Å². The molecule has 1 aliphatic heterocycles. The largest absolute Gasteiger partial charge is 0.356 e. The van der Waals surface area contributed by atoms with E-state index in [2.05, 4.69) is 26.2 Å². The smallest absolute Gasteiger partial charge is 0.129 e. The zero-order chi connectivity index (χ0) is 17.9. The highest BCUT2D eigenvalue weighted by Crippen LogP contribution is 2.34. The van der Waals surface area contributed by atoms with Crippen LogP contribution in [0.5, 0.6) is 0 Å². The highest BCUT2D eigenvalue weighted by Gasteiger charge is 2.26. The first kappa shape index (κ1) is 16.3. The number of H-pyrrole nitrogens is 1. The van der Waals surface area contributed by atoms with Crippen LogP contribution in [-0.4, -0.2) is 28.3 Å². The number of benzene rings is 1. The molecule has 1 N–H and O–H groups in total. The average Bonchev–Trinajstić information content (AvgIpc) is 3.18. The Bertz CT molecular complexity index is 941. The van der Waals surface area contributed by atoms with Gasteiger partial charge in [0, 0.05) is 36.5 Å². The number of rotatable bonds is 3. The maximum atomic E-state index is 13.2. The van der Waals surface area contributed by atoms with Crippen molar-refractivity contribution >= 4 is 5.82 Å². The predicted molar refractivity (Wildman–Crippen MR) is 97.1 cm³/mol. The van der Waals surface area contributed by atoms with Crippen molar-refractivity contribution in [2.75, 3.05) is 18.0 Å². The van der Waals surface area contributed by atoms with Gasteiger partial charge in [0.05, 0.1) is 17.8 Å². The van der Waals surface area contributed by atoms with Crippen LogP contribution in [0.15, 0.2) is 48.8 Å². The Morgan fingerprint density at radius 3 is 2.88 bits per heavy atom. The molecule has 1 aliphatic rings. The molecule has 6 heteroatoms. The predicted octanol–water partition coefficient (Wildman–Crippen LogP) is 3.87. The first-order valence-electron chi connectivity index (χ1n) is 8.65. The molecule has 5 nitrogen and oxygen atoms in total. The zero-order valence-corrected chi connectivity index (χ0v) is 14.2. The van der Waals surface area contributed by atoms with Crippen molar-refractivity contribution in [1.29, 1.82) is 5.26 Å². The highest BCUT2D eigenvalue weighted by atomic mass is 19.1. The van der Waals surface area contributed by atoms with Crippen molar-refractivity contribution in [3.8, 4) is 17.2 Å². The van der Waals surface area contributed by atoms with Crippen LogP contribution in [0.25, 0.3) is 11.1 Å². The number of piperidine rings is 1. The molecule has 130 valence electrons. The molecule has 1 saturated heterocycles. The lowest BCUT2D eigenvalue weighted by atomic mass is 9.90. The number of hydrogen-bond acceptors (Lipinski definition) is 4. The molecule has 1 fully saturated rings. The zero-order valence-electron chi connectivity index (χ0n) is 14.2. The van der Waals surface area contributed by atoms with Gasteiger partial charge in [-0.25, -0.2) is 9.37 Å². The third-order valence-corrected chi connectivity index (χ3v) is 4.85. The summed E-state index contributed by atoms with van der Waals surface area (Å²) < 4.78 is 13.2. The number of nitrogens with zero attached hydrogens (tertiary/aromatic N) is 4. The van der Waals surface area contributed by atoms with E-state index in [-0.39, 0.29) is 11.7 Å². The number of halogens is 1. The quantitative estimate of drug-likeness (QED) is 0.781. The van der Waals surface area contributed by atoms with E-state index in [9.17, 15) is 4.39 Å². The maximum absolute atomic E-state index is 13.2. The summed E-state index contributed by atoms with van der Waals surface area (Å²) in [6.07, 6.45) is 5.56. The number of aromatic nitrogens is 3. The van der Waals surface area contributed by atoms with Crippen molar-refractivity contribution in [2.45, 2.75) is 18.8 Å². The van der Waals surface area contributed by atoms with Crippen molar-refractivity contribution in [3.05, 3.63) is 65.9 Å². The molecule has 3 heterocycles. The van der Waals surface area contributed by atoms with Gasteiger partial charge >= 0.3 is 0 Å². The van der Waals surface area contributed by atoms with Gasteiger partial charge in [0.25, 0.3) is 0 Å². The molecule has 1 unspecified atom stereocenters. The van der Waals surface area contributed by atoms with Crippen LogP contribution in [0.2, 0.25) is 0 Å². The maximum Gasteiger partial charge on any atom is 0.129 e. The summed E-state index contributed by atoms with van der Waals surface area (Å²) >= 11 is 0. The van der Waals surface area contributed by atoms with Gasteiger partial charge in [0.15, 0.2) is 0 Å². The molecule has 0 saturated carbocycles. The summed E-state index contributed by atoms with van der Waals surface area (Å²) in [6.45, 7) is 1.72. The second kappa shape index (κ2) is 6.96. The fraction of sp³-hybridized carbons (Fsp3) is 0.250. The Balaban J connectivity index is 1.60. The Hall–Kier alpha value is -3.20. The molecular formula is C20H18FN5. The van der Waals surface area contributed by atoms with E-state index in [0.717, 1.165) is 48.6 Å². The summed E-state index contributed by atoms with van der Waals surface area (Å²) in [6, 6.07) is 12.2. The second-order valence-corrected chi connectivity index (χ2v) is 6.50. The van der Waals surface area contributed by atoms with E-state index < -0.39 is 0 Å². The Kier molecular flexibility index (Phi) is 4.36. The van der Waals surface area contributed by atoms with Crippen LogP contribution >= 0.6 is 0 Å². The summed E-state index contributed by atoms with van der Waals surface area (Å²) in [5.74, 6) is 0.863. The van der Waals surface area contributed by atoms with Gasteiger partial charge in [-0.2, -0.15) is 10.4 Å². The van der Waals surface area contributed by atoms with Crippen LogP contribution in [-0.2, 0) is 0 Å². The standard InChI is InChI=1S/C20H18FN5/c21-17-5-3-15(4-6-17)18-12-24-25-20(18)16-2-1-9-26(13-16)19-10-14(11-22)7-8-23-19/h3-8,10,12,16H,1-2,9,13H2,(H,24,25). The van der Waals surface area contributed by atoms with Crippen LogP contribution in [0.1, 0.15) is 30.0 Å². The summed E-state index contributed by atoms with van der Waals surface area (Å²) in [5.41, 5.74) is 3.65. The summed E-state index contributed by atoms with van der Waals surface area (Å²) in [4.78, 5) is 6.64. The lowest BCUT2D eigenvalue weighted by Crippen LogP contribution is -2.35. The lowest BCUT2D eigenvalue weighted by Gasteiger charge is -2.33. The minimum atomic E-state index is -0.244. The summed E-state index contributed by atoms with van der Waals surface area (Å²) in [5, 5.41) is 16.5. The molecular weight excluding hydrogens is 329 g/mol. The number of nitrogens with one attached hydrogen (secondary N) is 1. The topological polar surface area (TPSA) is 68.6 Å². The van der Waals surface area contributed by atoms with E-state index in [0.29, 0.717) is 5.56 Å². The fourth-order valence-electron chi connectivity index (χ4n) is 3.55. The fourth-order valence-corrected chi connectivity index (χ4v) is 3.55. The van der Waals surface area contributed by atoms with Crippen LogP contribution in [0.3, 0.4) is 0 Å².